The number of nitriles is 1. The van der Waals surface area contributed by atoms with Crippen molar-refractivity contribution in [3.63, 3.8) is 0 Å². The highest BCUT2D eigenvalue weighted by Gasteiger charge is 2.27. The van der Waals surface area contributed by atoms with Gasteiger partial charge in [-0.2, -0.15) is 5.26 Å². The number of benzene rings is 2. The number of ether oxygens (including phenoxy) is 4. The second-order valence-corrected chi connectivity index (χ2v) is 9.49. The summed E-state index contributed by atoms with van der Waals surface area (Å²) in [6, 6.07) is 16.1. The standard InChI is InChI=1S/C29H32N4O4/c1-34-25-18-33(19-25)17-22-4-3-20(13-28(22)35-2)14-29-31-10-7-26(32-29)21-5-6-27(23(15-21)16-30)37-24-8-11-36-12-9-24/h3-7,10,13,15,24-25H,8-9,11-12,14,17-19H2,1-2H3. The summed E-state index contributed by atoms with van der Waals surface area (Å²) in [6.45, 7) is 4.10. The number of rotatable bonds is 9. The average molecular weight is 501 g/mol. The fourth-order valence-corrected chi connectivity index (χ4v) is 4.75. The Labute approximate surface area is 217 Å². The second kappa shape index (κ2) is 11.7. The van der Waals surface area contributed by atoms with Crippen LogP contribution in [0.3, 0.4) is 0 Å². The number of hydrogen-bond donors (Lipinski definition) is 0. The predicted molar refractivity (Wildman–Crippen MR) is 139 cm³/mol. The van der Waals surface area contributed by atoms with Crippen LogP contribution in [0.2, 0.25) is 0 Å². The maximum atomic E-state index is 9.73. The van der Waals surface area contributed by atoms with Crippen LogP contribution in [0, 0.1) is 11.3 Å². The van der Waals surface area contributed by atoms with Crippen LogP contribution in [0.15, 0.2) is 48.7 Å². The Balaban J connectivity index is 1.29. The molecule has 0 bridgehead atoms. The lowest BCUT2D eigenvalue weighted by Gasteiger charge is -2.38. The van der Waals surface area contributed by atoms with Gasteiger partial charge in [-0.05, 0) is 35.9 Å². The monoisotopic (exact) mass is 500 g/mol. The summed E-state index contributed by atoms with van der Waals surface area (Å²) in [5.41, 5.74) is 4.37. The van der Waals surface area contributed by atoms with Gasteiger partial charge < -0.3 is 18.9 Å². The number of aromatic nitrogens is 2. The van der Waals surface area contributed by atoms with Gasteiger partial charge in [-0.25, -0.2) is 9.97 Å². The molecular formula is C29H32N4O4. The normalized spacial score (nSPS) is 16.7. The molecule has 2 saturated heterocycles. The lowest BCUT2D eigenvalue weighted by atomic mass is 10.0. The molecule has 3 heterocycles. The molecule has 5 rings (SSSR count). The zero-order valence-corrected chi connectivity index (χ0v) is 21.4. The van der Waals surface area contributed by atoms with Crippen LogP contribution in [0.1, 0.15) is 35.4 Å². The highest BCUT2D eigenvalue weighted by molar-refractivity contribution is 5.64. The molecule has 2 fully saturated rings. The molecule has 0 unspecified atom stereocenters. The van der Waals surface area contributed by atoms with Crippen molar-refractivity contribution in [1.82, 2.24) is 14.9 Å². The molecule has 0 atom stereocenters. The van der Waals surface area contributed by atoms with E-state index < -0.39 is 0 Å². The predicted octanol–water partition coefficient (Wildman–Crippen LogP) is 4.00. The summed E-state index contributed by atoms with van der Waals surface area (Å²) in [6.07, 6.45) is 4.41. The van der Waals surface area contributed by atoms with Crippen molar-refractivity contribution in [2.45, 2.75) is 38.0 Å². The Hall–Kier alpha value is -3.51. The number of nitrogens with zero attached hydrogens (tertiary/aromatic N) is 4. The second-order valence-electron chi connectivity index (χ2n) is 9.49. The van der Waals surface area contributed by atoms with Gasteiger partial charge in [0.2, 0.25) is 0 Å². The summed E-state index contributed by atoms with van der Waals surface area (Å²) in [7, 11) is 3.46. The van der Waals surface area contributed by atoms with E-state index in [-0.39, 0.29) is 6.10 Å². The summed E-state index contributed by atoms with van der Waals surface area (Å²) >= 11 is 0. The molecule has 8 nitrogen and oxygen atoms in total. The van der Waals surface area contributed by atoms with Crippen molar-refractivity contribution in [3.05, 3.63) is 71.2 Å². The molecular weight excluding hydrogens is 468 g/mol. The molecule has 2 aliphatic rings. The lowest BCUT2D eigenvalue weighted by Crippen LogP contribution is -2.50. The van der Waals surface area contributed by atoms with Gasteiger partial charge in [0, 0.05) is 63.3 Å². The Morgan fingerprint density at radius 1 is 1.03 bits per heavy atom. The van der Waals surface area contributed by atoms with Crippen LogP contribution in [-0.4, -0.2) is 67.6 Å². The van der Waals surface area contributed by atoms with E-state index in [1.54, 1.807) is 20.4 Å². The summed E-state index contributed by atoms with van der Waals surface area (Å²) in [4.78, 5) is 11.6. The minimum absolute atomic E-state index is 0.0777. The molecule has 2 aliphatic heterocycles. The zero-order valence-electron chi connectivity index (χ0n) is 21.4. The van der Waals surface area contributed by atoms with Gasteiger partial charge in [-0.15, -0.1) is 0 Å². The first-order chi connectivity index (χ1) is 18.1. The average Bonchev–Trinajstić information content (AvgIpc) is 2.92. The van der Waals surface area contributed by atoms with Crippen LogP contribution >= 0.6 is 0 Å². The van der Waals surface area contributed by atoms with Crippen LogP contribution in [-0.2, 0) is 22.4 Å². The van der Waals surface area contributed by atoms with Gasteiger partial charge in [-0.1, -0.05) is 12.1 Å². The first-order valence-corrected chi connectivity index (χ1v) is 12.7. The van der Waals surface area contributed by atoms with Gasteiger partial charge in [0.15, 0.2) is 0 Å². The van der Waals surface area contributed by atoms with E-state index in [0.29, 0.717) is 42.9 Å². The van der Waals surface area contributed by atoms with E-state index in [2.05, 4.69) is 34.2 Å². The van der Waals surface area contributed by atoms with Crippen LogP contribution < -0.4 is 9.47 Å². The molecule has 0 spiro atoms. The zero-order chi connectivity index (χ0) is 25.6. The van der Waals surface area contributed by atoms with Gasteiger partial charge in [0.05, 0.1) is 37.7 Å². The molecule has 8 heteroatoms. The third-order valence-electron chi connectivity index (χ3n) is 6.93. The molecule has 1 aromatic heterocycles. The molecule has 2 aromatic carbocycles. The van der Waals surface area contributed by atoms with E-state index in [9.17, 15) is 5.26 Å². The third kappa shape index (κ3) is 6.08. The van der Waals surface area contributed by atoms with E-state index in [1.807, 2.05) is 24.3 Å². The van der Waals surface area contributed by atoms with Crippen LogP contribution in [0.4, 0.5) is 0 Å². The van der Waals surface area contributed by atoms with Gasteiger partial charge >= 0.3 is 0 Å². The smallest absolute Gasteiger partial charge is 0.137 e. The number of hydrogen-bond acceptors (Lipinski definition) is 8. The first kappa shape index (κ1) is 25.2. The van der Waals surface area contributed by atoms with Crippen LogP contribution in [0.5, 0.6) is 11.5 Å². The highest BCUT2D eigenvalue weighted by atomic mass is 16.5. The summed E-state index contributed by atoms with van der Waals surface area (Å²) in [5.74, 6) is 2.18. The highest BCUT2D eigenvalue weighted by Crippen LogP contribution is 2.29. The van der Waals surface area contributed by atoms with Crippen LogP contribution in [0.25, 0.3) is 11.3 Å². The molecule has 0 amide bonds. The quantitative estimate of drug-likeness (QED) is 0.436. The van der Waals surface area contributed by atoms with Crippen molar-refractivity contribution >= 4 is 0 Å². The maximum Gasteiger partial charge on any atom is 0.137 e. The van der Waals surface area contributed by atoms with E-state index in [4.69, 9.17) is 23.9 Å². The third-order valence-corrected chi connectivity index (χ3v) is 6.93. The SMILES string of the molecule is COc1cc(Cc2nccc(-c3ccc(OC4CCOCC4)c(C#N)c3)n2)ccc1CN1CC(OC)C1. The van der Waals surface area contributed by atoms with Crippen molar-refractivity contribution in [3.8, 4) is 28.8 Å². The molecule has 0 aliphatic carbocycles. The van der Waals surface area contributed by atoms with Crippen molar-refractivity contribution in [2.75, 3.05) is 40.5 Å². The molecule has 0 radical (unpaired) electrons. The lowest BCUT2D eigenvalue weighted by molar-refractivity contribution is -0.0336. The Kier molecular flexibility index (Phi) is 7.95. The summed E-state index contributed by atoms with van der Waals surface area (Å²) < 4.78 is 22.5. The Bertz CT molecular complexity index is 1260. The van der Waals surface area contributed by atoms with Gasteiger partial charge in [-0.3, -0.25) is 4.90 Å². The van der Waals surface area contributed by atoms with E-state index in [1.165, 1.54) is 0 Å². The number of likely N-dealkylation sites (tertiary alicyclic amines) is 1. The van der Waals surface area contributed by atoms with Gasteiger partial charge in [0.25, 0.3) is 0 Å². The molecule has 3 aromatic rings. The molecule has 0 saturated carbocycles. The van der Waals surface area contributed by atoms with Crippen molar-refractivity contribution in [1.29, 1.82) is 5.26 Å². The Morgan fingerprint density at radius 2 is 1.86 bits per heavy atom. The Morgan fingerprint density at radius 3 is 2.62 bits per heavy atom. The minimum atomic E-state index is 0.0777. The molecule has 0 N–H and O–H groups in total. The topological polar surface area (TPSA) is 89.7 Å². The first-order valence-electron chi connectivity index (χ1n) is 12.7. The van der Waals surface area contributed by atoms with Crippen molar-refractivity contribution in [2.24, 2.45) is 0 Å². The van der Waals surface area contributed by atoms with Crippen molar-refractivity contribution < 1.29 is 18.9 Å². The molecule has 192 valence electrons. The molecule has 37 heavy (non-hydrogen) atoms. The number of methoxy groups -OCH3 is 2. The summed E-state index contributed by atoms with van der Waals surface area (Å²) in [5, 5.41) is 9.73. The fraction of sp³-hybridized carbons (Fsp3) is 0.414. The van der Waals surface area contributed by atoms with E-state index in [0.717, 1.165) is 60.6 Å². The van der Waals surface area contributed by atoms with E-state index >= 15 is 0 Å². The van der Waals surface area contributed by atoms with Gasteiger partial charge in [0.1, 0.15) is 29.5 Å². The largest absolute Gasteiger partial charge is 0.496 e. The fourth-order valence-electron chi connectivity index (χ4n) is 4.75. The minimum Gasteiger partial charge on any atom is -0.496 e. The maximum absolute atomic E-state index is 9.73.